The van der Waals surface area contributed by atoms with Gasteiger partial charge in [-0.2, -0.15) is 0 Å². The molecule has 0 bridgehead atoms. The van der Waals surface area contributed by atoms with Crippen LogP contribution in [0, 0.1) is 0 Å². The monoisotopic (exact) mass is 266 g/mol. The first-order valence-corrected chi connectivity index (χ1v) is 7.75. The maximum atomic E-state index is 4.14. The van der Waals surface area contributed by atoms with Crippen molar-refractivity contribution in [3.05, 3.63) is 39.0 Å². The Morgan fingerprint density at radius 3 is 2.82 bits per heavy atom. The minimum absolute atomic E-state index is 0.376. The normalized spacial score (nSPS) is 14.7. The summed E-state index contributed by atoms with van der Waals surface area (Å²) in [4.78, 5) is 6.88. The summed E-state index contributed by atoms with van der Waals surface area (Å²) in [5.41, 5.74) is 1.90. The van der Waals surface area contributed by atoms with E-state index in [0.29, 0.717) is 12.1 Å². The van der Waals surface area contributed by atoms with Gasteiger partial charge in [0.15, 0.2) is 0 Å². The molecule has 0 radical (unpaired) electrons. The van der Waals surface area contributed by atoms with Gasteiger partial charge in [0.25, 0.3) is 0 Å². The number of hydrogen-bond donors (Lipinski definition) is 1. The van der Waals surface area contributed by atoms with Crippen molar-refractivity contribution in [2.45, 2.75) is 38.8 Å². The lowest BCUT2D eigenvalue weighted by molar-refractivity contribution is 0.448. The zero-order chi connectivity index (χ0) is 12.1. The number of thiophene rings is 1. The van der Waals surface area contributed by atoms with E-state index in [0.717, 1.165) is 0 Å². The van der Waals surface area contributed by atoms with Crippen molar-refractivity contribution in [3.63, 3.8) is 0 Å². The molecule has 2 aromatic rings. The largest absolute Gasteiger partial charge is 0.302 e. The Morgan fingerprint density at radius 2 is 2.24 bits per heavy atom. The van der Waals surface area contributed by atoms with E-state index in [4.69, 9.17) is 0 Å². The molecule has 0 aliphatic heterocycles. The van der Waals surface area contributed by atoms with Crippen LogP contribution >= 0.6 is 22.7 Å². The van der Waals surface area contributed by atoms with Gasteiger partial charge in [-0.1, -0.05) is 19.4 Å². The number of thiazole rings is 1. The molecule has 0 spiro atoms. The minimum Gasteiger partial charge on any atom is -0.302 e. The second-order valence-electron chi connectivity index (χ2n) is 4.15. The van der Waals surface area contributed by atoms with E-state index in [-0.39, 0.29) is 0 Å². The Bertz CT molecular complexity index is 409. The Morgan fingerprint density at radius 1 is 1.35 bits per heavy atom. The van der Waals surface area contributed by atoms with Gasteiger partial charge in [0.05, 0.1) is 5.51 Å². The topological polar surface area (TPSA) is 24.9 Å². The van der Waals surface area contributed by atoms with Crippen molar-refractivity contribution in [3.8, 4) is 0 Å². The molecule has 2 atom stereocenters. The van der Waals surface area contributed by atoms with E-state index in [1.807, 2.05) is 23.0 Å². The van der Waals surface area contributed by atoms with Crippen LogP contribution in [0.5, 0.6) is 0 Å². The van der Waals surface area contributed by atoms with Gasteiger partial charge >= 0.3 is 0 Å². The van der Waals surface area contributed by atoms with Gasteiger partial charge in [-0.25, -0.2) is 0 Å². The van der Waals surface area contributed by atoms with Crippen LogP contribution in [0.4, 0.5) is 0 Å². The first-order chi connectivity index (χ1) is 8.31. The molecule has 0 aromatic carbocycles. The van der Waals surface area contributed by atoms with E-state index in [1.54, 1.807) is 11.3 Å². The summed E-state index contributed by atoms with van der Waals surface area (Å²) in [6, 6.07) is 5.19. The van der Waals surface area contributed by atoms with E-state index >= 15 is 0 Å². The summed E-state index contributed by atoms with van der Waals surface area (Å²) in [7, 11) is 0. The van der Waals surface area contributed by atoms with Crippen molar-refractivity contribution in [1.82, 2.24) is 10.3 Å². The van der Waals surface area contributed by atoms with Crippen molar-refractivity contribution in [2.75, 3.05) is 0 Å². The van der Waals surface area contributed by atoms with Crippen molar-refractivity contribution in [2.24, 2.45) is 0 Å². The molecule has 2 aromatic heterocycles. The molecule has 0 saturated heterocycles. The number of rotatable bonds is 6. The van der Waals surface area contributed by atoms with Crippen LogP contribution in [0.1, 0.15) is 48.5 Å². The third-order valence-corrected chi connectivity index (χ3v) is 4.74. The van der Waals surface area contributed by atoms with Crippen molar-refractivity contribution in [1.29, 1.82) is 0 Å². The Balaban J connectivity index is 2.03. The third-order valence-electron chi connectivity index (χ3n) is 2.79. The highest BCUT2D eigenvalue weighted by atomic mass is 32.1. The lowest BCUT2D eigenvalue weighted by atomic mass is 10.1. The zero-order valence-corrected chi connectivity index (χ0v) is 11.9. The predicted octanol–water partition coefficient (Wildman–Crippen LogP) is 4.40. The highest BCUT2D eigenvalue weighted by Crippen LogP contribution is 2.27. The molecule has 2 heterocycles. The van der Waals surface area contributed by atoms with Gasteiger partial charge in [0, 0.05) is 28.0 Å². The first kappa shape index (κ1) is 12.7. The Kier molecular flexibility index (Phi) is 4.71. The van der Waals surface area contributed by atoms with Crippen molar-refractivity contribution < 1.29 is 0 Å². The van der Waals surface area contributed by atoms with Crippen LogP contribution in [0.15, 0.2) is 29.2 Å². The summed E-state index contributed by atoms with van der Waals surface area (Å²) in [6.07, 6.45) is 4.34. The lowest BCUT2D eigenvalue weighted by Crippen LogP contribution is -2.23. The van der Waals surface area contributed by atoms with Gasteiger partial charge in [-0.3, -0.25) is 4.98 Å². The Labute approximate surface area is 111 Å². The molecular weight excluding hydrogens is 248 g/mol. The van der Waals surface area contributed by atoms with Crippen LogP contribution in [-0.4, -0.2) is 4.98 Å². The molecule has 17 heavy (non-hydrogen) atoms. The van der Waals surface area contributed by atoms with Gasteiger partial charge in [0.2, 0.25) is 0 Å². The number of aromatic nitrogens is 1. The zero-order valence-electron chi connectivity index (χ0n) is 10.2. The van der Waals surface area contributed by atoms with Crippen LogP contribution in [0.25, 0.3) is 0 Å². The smallest absolute Gasteiger partial charge is 0.0794 e. The summed E-state index contributed by atoms with van der Waals surface area (Å²) in [5.74, 6) is 0. The molecule has 1 N–H and O–H groups in total. The highest BCUT2D eigenvalue weighted by Gasteiger charge is 2.16. The fourth-order valence-electron chi connectivity index (χ4n) is 1.91. The average molecular weight is 266 g/mol. The summed E-state index contributed by atoms with van der Waals surface area (Å²) in [6.45, 7) is 4.45. The lowest BCUT2D eigenvalue weighted by Gasteiger charge is -2.21. The summed E-state index contributed by atoms with van der Waals surface area (Å²) in [5, 5.41) is 5.85. The van der Waals surface area contributed by atoms with Crippen LogP contribution < -0.4 is 5.32 Å². The second kappa shape index (κ2) is 6.28. The SMILES string of the molecule is CCCC(NC(C)c1cncs1)c1cccs1. The maximum absolute atomic E-state index is 4.14. The predicted molar refractivity (Wildman–Crippen MR) is 75.6 cm³/mol. The van der Waals surface area contributed by atoms with Gasteiger partial charge < -0.3 is 5.32 Å². The van der Waals surface area contributed by atoms with Gasteiger partial charge in [-0.15, -0.1) is 22.7 Å². The fraction of sp³-hybridized carbons (Fsp3) is 0.462. The molecule has 4 heteroatoms. The third kappa shape index (κ3) is 3.37. The molecule has 92 valence electrons. The summed E-state index contributed by atoms with van der Waals surface area (Å²) < 4.78 is 0. The molecule has 0 aliphatic rings. The van der Waals surface area contributed by atoms with E-state index in [1.165, 1.54) is 22.6 Å². The number of hydrogen-bond acceptors (Lipinski definition) is 4. The average Bonchev–Trinajstić information content (AvgIpc) is 3.01. The van der Waals surface area contributed by atoms with E-state index in [9.17, 15) is 0 Å². The minimum atomic E-state index is 0.376. The maximum Gasteiger partial charge on any atom is 0.0794 e. The molecule has 0 saturated carbocycles. The van der Waals surface area contributed by atoms with E-state index < -0.39 is 0 Å². The summed E-state index contributed by atoms with van der Waals surface area (Å²) >= 11 is 3.55. The molecule has 0 fully saturated rings. The highest BCUT2D eigenvalue weighted by molar-refractivity contribution is 7.10. The number of nitrogens with one attached hydrogen (secondary N) is 1. The quantitative estimate of drug-likeness (QED) is 0.838. The fourth-order valence-corrected chi connectivity index (χ4v) is 3.37. The van der Waals surface area contributed by atoms with Crippen LogP contribution in [-0.2, 0) is 0 Å². The molecule has 2 nitrogen and oxygen atoms in total. The first-order valence-electron chi connectivity index (χ1n) is 5.99. The van der Waals surface area contributed by atoms with E-state index in [2.05, 4.69) is 41.7 Å². The molecule has 0 aliphatic carbocycles. The molecule has 2 rings (SSSR count). The Hall–Kier alpha value is -0.710. The molecule has 0 amide bonds. The van der Waals surface area contributed by atoms with Gasteiger partial charge in [0.1, 0.15) is 0 Å². The molecule has 2 unspecified atom stereocenters. The standard InChI is InChI=1S/C13H18N2S2/c1-3-5-11(12-6-4-7-16-12)15-10(2)13-8-14-9-17-13/h4,6-11,15H,3,5H2,1-2H3. The van der Waals surface area contributed by atoms with Gasteiger partial charge in [-0.05, 0) is 24.8 Å². The second-order valence-corrected chi connectivity index (χ2v) is 6.05. The van der Waals surface area contributed by atoms with Crippen LogP contribution in [0.2, 0.25) is 0 Å². The number of nitrogens with zero attached hydrogens (tertiary/aromatic N) is 1. The van der Waals surface area contributed by atoms with Crippen LogP contribution in [0.3, 0.4) is 0 Å². The van der Waals surface area contributed by atoms with Crippen molar-refractivity contribution >= 4 is 22.7 Å². The molecular formula is C13H18N2S2.